The molecule has 0 spiro atoms. The Labute approximate surface area is 72.7 Å². The second kappa shape index (κ2) is 4.35. The fourth-order valence-electron chi connectivity index (χ4n) is 1.07. The van der Waals surface area contributed by atoms with Crippen LogP contribution in [0.1, 0.15) is 20.8 Å². The summed E-state index contributed by atoms with van der Waals surface area (Å²) in [6.07, 6.45) is 0. The average Bonchev–Trinajstić information content (AvgIpc) is 1.99. The van der Waals surface area contributed by atoms with E-state index in [-0.39, 0.29) is 4.65 Å². The highest BCUT2D eigenvalue weighted by molar-refractivity contribution is 7.46. The summed E-state index contributed by atoms with van der Waals surface area (Å²) < 4.78 is 15.3. The second-order valence-electron chi connectivity index (χ2n) is 2.58. The first-order valence-electron chi connectivity index (χ1n) is 4.02. The van der Waals surface area contributed by atoms with Gasteiger partial charge in [0, 0.05) is 0 Å². The summed E-state index contributed by atoms with van der Waals surface area (Å²) in [5.41, 5.74) is 0. The summed E-state index contributed by atoms with van der Waals surface area (Å²) in [7, 11) is -4.36. The smallest absolute Gasteiger partial charge is 0.300 e. The largest absolute Gasteiger partial charge is 0.515 e. The molecule has 5 nitrogen and oxygen atoms in total. The molecule has 0 aromatic heterocycles. The summed E-state index contributed by atoms with van der Waals surface area (Å²) >= 11 is 0. The first-order chi connectivity index (χ1) is 5.39. The third kappa shape index (κ3) is 3.65. The Morgan fingerprint density at radius 2 is 1.50 bits per heavy atom. The van der Waals surface area contributed by atoms with Gasteiger partial charge >= 0.3 is 7.82 Å². The molecule has 0 saturated carbocycles. The van der Waals surface area contributed by atoms with E-state index < -0.39 is 7.82 Å². The minimum absolute atomic E-state index is 0.00424. The Hall–Kier alpha value is 0.0700. The van der Waals surface area contributed by atoms with Crippen LogP contribution >= 0.6 is 7.82 Å². The van der Waals surface area contributed by atoms with Crippen LogP contribution in [0, 0.1) is 0 Å². The molecule has 0 rings (SSSR count). The standard InChI is InChI=1S/C6H16NO4P/c1-4-7(5-2,6-3)11-12(8,9)10/h4-6H2,1-3H3,(H-,8,9,10)/p+1. The van der Waals surface area contributed by atoms with Gasteiger partial charge in [0.2, 0.25) is 0 Å². The molecule has 12 heavy (non-hydrogen) atoms. The molecule has 0 saturated heterocycles. The van der Waals surface area contributed by atoms with Crippen molar-refractivity contribution in [1.82, 2.24) is 0 Å². The molecule has 0 aromatic carbocycles. The molecule has 0 bridgehead atoms. The van der Waals surface area contributed by atoms with E-state index in [0.29, 0.717) is 19.6 Å². The fourth-order valence-corrected chi connectivity index (χ4v) is 1.87. The van der Waals surface area contributed by atoms with E-state index in [9.17, 15) is 4.57 Å². The Bertz CT molecular complexity index is 166. The highest BCUT2D eigenvalue weighted by atomic mass is 31.2. The van der Waals surface area contributed by atoms with Crippen molar-refractivity contribution in [2.75, 3.05) is 19.6 Å². The lowest BCUT2D eigenvalue weighted by Gasteiger charge is -2.31. The van der Waals surface area contributed by atoms with Crippen LogP contribution in [0.15, 0.2) is 0 Å². The second-order valence-corrected chi connectivity index (χ2v) is 3.72. The molecule has 2 N–H and O–H groups in total. The lowest BCUT2D eigenvalue weighted by Crippen LogP contribution is -2.46. The van der Waals surface area contributed by atoms with Gasteiger partial charge < -0.3 is 0 Å². The predicted octanol–water partition coefficient (Wildman–Crippen LogP) is 0.887. The number of hydrogen-bond acceptors (Lipinski definition) is 2. The van der Waals surface area contributed by atoms with Gasteiger partial charge in [0.05, 0.1) is 0 Å². The van der Waals surface area contributed by atoms with Gasteiger partial charge in [-0.2, -0.15) is 4.65 Å². The maximum Gasteiger partial charge on any atom is 0.515 e. The van der Waals surface area contributed by atoms with Gasteiger partial charge in [-0.1, -0.05) is 4.62 Å². The van der Waals surface area contributed by atoms with Crippen molar-refractivity contribution < 1.29 is 23.6 Å². The van der Waals surface area contributed by atoms with Crippen molar-refractivity contribution in [1.29, 1.82) is 0 Å². The van der Waals surface area contributed by atoms with Crippen molar-refractivity contribution in [2.24, 2.45) is 0 Å². The molecule has 74 valence electrons. The van der Waals surface area contributed by atoms with E-state index in [1.807, 2.05) is 20.8 Å². The van der Waals surface area contributed by atoms with E-state index in [1.54, 1.807) is 0 Å². The van der Waals surface area contributed by atoms with E-state index in [2.05, 4.69) is 4.62 Å². The van der Waals surface area contributed by atoms with Crippen LogP contribution < -0.4 is 0 Å². The monoisotopic (exact) mass is 198 g/mol. The zero-order valence-corrected chi connectivity index (χ0v) is 8.62. The number of rotatable bonds is 5. The summed E-state index contributed by atoms with van der Waals surface area (Å²) in [6.45, 7) is 7.17. The molecular weight excluding hydrogens is 181 g/mol. The van der Waals surface area contributed by atoms with E-state index in [4.69, 9.17) is 9.79 Å². The third-order valence-corrected chi connectivity index (χ3v) is 2.57. The average molecular weight is 198 g/mol. The topological polar surface area (TPSA) is 66.8 Å². The Morgan fingerprint density at radius 3 is 1.58 bits per heavy atom. The minimum atomic E-state index is -4.36. The predicted molar refractivity (Wildman–Crippen MR) is 45.0 cm³/mol. The van der Waals surface area contributed by atoms with Gasteiger partial charge in [0.1, 0.15) is 19.6 Å². The summed E-state index contributed by atoms with van der Waals surface area (Å²) in [5, 5.41) is 0. The molecule has 0 aliphatic rings. The van der Waals surface area contributed by atoms with Crippen LogP contribution in [0.2, 0.25) is 0 Å². The zero-order valence-electron chi connectivity index (χ0n) is 7.73. The van der Waals surface area contributed by atoms with Crippen molar-refractivity contribution in [3.05, 3.63) is 0 Å². The van der Waals surface area contributed by atoms with Gasteiger partial charge in [-0.05, 0) is 20.8 Å². The SMILES string of the molecule is CC[N+](CC)(CC)OP(=O)(O)O. The first-order valence-corrected chi connectivity index (χ1v) is 5.55. The van der Waals surface area contributed by atoms with E-state index in [1.165, 1.54) is 0 Å². The van der Waals surface area contributed by atoms with Gasteiger partial charge in [-0.25, -0.2) is 4.57 Å². The molecule has 0 amide bonds. The van der Waals surface area contributed by atoms with Gasteiger partial charge in [0.25, 0.3) is 0 Å². The van der Waals surface area contributed by atoms with E-state index in [0.717, 1.165) is 0 Å². The molecule has 0 radical (unpaired) electrons. The Morgan fingerprint density at radius 1 is 1.17 bits per heavy atom. The summed E-state index contributed by atoms with van der Waals surface area (Å²) in [5.74, 6) is 0. The number of nitrogens with zero attached hydrogens (tertiary/aromatic N) is 1. The molecule has 0 unspecified atom stereocenters. The van der Waals surface area contributed by atoms with Crippen LogP contribution in [-0.2, 0) is 9.19 Å². The van der Waals surface area contributed by atoms with Crippen LogP contribution in [0.3, 0.4) is 0 Å². The summed E-state index contributed by atoms with van der Waals surface area (Å²) in [6, 6.07) is 0. The van der Waals surface area contributed by atoms with Crippen molar-refractivity contribution in [3.8, 4) is 0 Å². The van der Waals surface area contributed by atoms with Gasteiger partial charge in [-0.15, -0.1) is 0 Å². The molecule has 0 atom stereocenters. The molecular formula is C6H17NO4P+. The number of hydrogen-bond donors (Lipinski definition) is 2. The quantitative estimate of drug-likeness (QED) is 0.391. The van der Waals surface area contributed by atoms with Crippen LogP contribution in [0.25, 0.3) is 0 Å². The fraction of sp³-hybridized carbons (Fsp3) is 1.00. The van der Waals surface area contributed by atoms with Crippen LogP contribution in [0.4, 0.5) is 0 Å². The van der Waals surface area contributed by atoms with Crippen molar-refractivity contribution in [2.45, 2.75) is 20.8 Å². The molecule has 0 aliphatic carbocycles. The highest BCUT2D eigenvalue weighted by Gasteiger charge is 2.33. The summed E-state index contributed by atoms with van der Waals surface area (Å²) in [4.78, 5) is 17.2. The highest BCUT2D eigenvalue weighted by Crippen LogP contribution is 2.40. The number of phosphoric acid groups is 1. The number of quaternary nitrogens is 1. The molecule has 0 heterocycles. The van der Waals surface area contributed by atoms with Crippen LogP contribution in [0.5, 0.6) is 0 Å². The lowest BCUT2D eigenvalue weighted by molar-refractivity contribution is -1.08. The Balaban J connectivity index is 4.41. The van der Waals surface area contributed by atoms with E-state index >= 15 is 0 Å². The lowest BCUT2D eigenvalue weighted by atomic mass is 10.5. The van der Waals surface area contributed by atoms with Gasteiger partial charge in [-0.3, -0.25) is 9.79 Å². The van der Waals surface area contributed by atoms with Crippen molar-refractivity contribution in [3.63, 3.8) is 0 Å². The molecule has 0 aliphatic heterocycles. The maximum absolute atomic E-state index is 10.6. The normalized spacial score (nSPS) is 13.4. The zero-order chi connectivity index (χ0) is 9.83. The molecule has 0 fully saturated rings. The Kier molecular flexibility index (Phi) is 4.37. The molecule has 6 heteroatoms. The van der Waals surface area contributed by atoms with Crippen molar-refractivity contribution >= 4 is 7.82 Å². The molecule has 0 aromatic rings. The van der Waals surface area contributed by atoms with Gasteiger partial charge in [0.15, 0.2) is 0 Å². The number of hydroxylamine groups is 3. The minimum Gasteiger partial charge on any atom is -0.300 e. The van der Waals surface area contributed by atoms with Crippen LogP contribution in [-0.4, -0.2) is 34.1 Å². The maximum atomic E-state index is 10.6. The first kappa shape index (κ1) is 12.1. The third-order valence-electron chi connectivity index (χ3n) is 2.01.